The van der Waals surface area contributed by atoms with Crippen LogP contribution in [0.2, 0.25) is 0 Å². The Morgan fingerprint density at radius 2 is 2.00 bits per heavy atom. The second-order valence-electron chi connectivity index (χ2n) is 5.54. The van der Waals surface area contributed by atoms with Gasteiger partial charge in [-0.3, -0.25) is 0 Å². The SMILES string of the molecule is OC(CC1CCCN1c1nnc(C(F)(F)F)s1)c1ccccc1. The number of hydrogen-bond donors (Lipinski definition) is 1. The summed E-state index contributed by atoms with van der Waals surface area (Å²) >= 11 is 0.561. The van der Waals surface area contributed by atoms with Crippen LogP contribution in [-0.4, -0.2) is 27.9 Å². The van der Waals surface area contributed by atoms with Crippen LogP contribution in [0.15, 0.2) is 30.3 Å². The highest BCUT2D eigenvalue weighted by molar-refractivity contribution is 7.15. The summed E-state index contributed by atoms with van der Waals surface area (Å²) < 4.78 is 38.0. The van der Waals surface area contributed by atoms with E-state index in [1.807, 2.05) is 35.2 Å². The minimum absolute atomic E-state index is 0.0285. The molecule has 2 heterocycles. The number of aliphatic hydroxyl groups is 1. The topological polar surface area (TPSA) is 49.2 Å². The summed E-state index contributed by atoms with van der Waals surface area (Å²) in [4.78, 5) is 1.83. The van der Waals surface area contributed by atoms with Gasteiger partial charge in [0, 0.05) is 12.6 Å². The Morgan fingerprint density at radius 3 is 2.65 bits per heavy atom. The molecular formula is C15H16F3N3OS. The number of benzene rings is 1. The molecule has 0 radical (unpaired) electrons. The average Bonchev–Trinajstić information content (AvgIpc) is 3.16. The molecule has 0 saturated carbocycles. The third kappa shape index (κ3) is 3.64. The van der Waals surface area contributed by atoms with Gasteiger partial charge in [0.1, 0.15) is 0 Å². The molecule has 1 aromatic heterocycles. The summed E-state index contributed by atoms with van der Waals surface area (Å²) in [5.41, 5.74) is 0.813. The molecule has 2 aromatic rings. The van der Waals surface area contributed by atoms with E-state index in [9.17, 15) is 18.3 Å². The summed E-state index contributed by atoms with van der Waals surface area (Å²) in [5, 5.41) is 16.6. The molecule has 1 aliphatic heterocycles. The lowest BCUT2D eigenvalue weighted by atomic mass is 10.0. The Balaban J connectivity index is 1.72. The molecule has 1 saturated heterocycles. The van der Waals surface area contributed by atoms with Gasteiger partial charge in [0.15, 0.2) is 0 Å². The minimum atomic E-state index is -4.46. The first kappa shape index (κ1) is 16.2. The maximum absolute atomic E-state index is 12.7. The minimum Gasteiger partial charge on any atom is -0.388 e. The van der Waals surface area contributed by atoms with E-state index in [1.165, 1.54) is 0 Å². The second-order valence-corrected chi connectivity index (χ2v) is 6.50. The van der Waals surface area contributed by atoms with Crippen LogP contribution in [0.3, 0.4) is 0 Å². The molecule has 8 heteroatoms. The number of aliphatic hydroxyl groups excluding tert-OH is 1. The second kappa shape index (κ2) is 6.45. The fourth-order valence-electron chi connectivity index (χ4n) is 2.85. The van der Waals surface area contributed by atoms with Crippen LogP contribution in [0.4, 0.5) is 18.3 Å². The van der Waals surface area contributed by atoms with Gasteiger partial charge in [-0.15, -0.1) is 10.2 Å². The number of nitrogens with zero attached hydrogens (tertiary/aromatic N) is 3. The normalized spacial score (nSPS) is 20.0. The van der Waals surface area contributed by atoms with Gasteiger partial charge >= 0.3 is 6.18 Å². The van der Waals surface area contributed by atoms with E-state index < -0.39 is 17.3 Å². The number of aromatic nitrogens is 2. The third-order valence-electron chi connectivity index (χ3n) is 3.96. The van der Waals surface area contributed by atoms with Crippen molar-refractivity contribution in [2.45, 2.75) is 37.6 Å². The van der Waals surface area contributed by atoms with Crippen molar-refractivity contribution in [3.8, 4) is 0 Å². The molecule has 2 atom stereocenters. The van der Waals surface area contributed by atoms with Gasteiger partial charge in [-0.2, -0.15) is 13.2 Å². The largest absolute Gasteiger partial charge is 0.445 e. The van der Waals surface area contributed by atoms with Crippen LogP contribution in [-0.2, 0) is 6.18 Å². The molecule has 0 aliphatic carbocycles. The lowest BCUT2D eigenvalue weighted by Gasteiger charge is -2.25. The smallest absolute Gasteiger partial charge is 0.388 e. The molecule has 0 bridgehead atoms. The van der Waals surface area contributed by atoms with Crippen molar-refractivity contribution < 1.29 is 18.3 Å². The molecule has 1 aliphatic rings. The van der Waals surface area contributed by atoms with Crippen LogP contribution in [0, 0.1) is 0 Å². The van der Waals surface area contributed by atoms with Crippen LogP contribution < -0.4 is 4.90 Å². The number of alkyl halides is 3. The Labute approximate surface area is 135 Å². The van der Waals surface area contributed by atoms with Crippen LogP contribution in [0.5, 0.6) is 0 Å². The average molecular weight is 343 g/mol. The van der Waals surface area contributed by atoms with Crippen LogP contribution in [0.1, 0.15) is 35.9 Å². The fraction of sp³-hybridized carbons (Fsp3) is 0.467. The third-order valence-corrected chi connectivity index (χ3v) is 4.96. The zero-order chi connectivity index (χ0) is 16.4. The fourth-order valence-corrected chi connectivity index (χ4v) is 3.66. The van der Waals surface area contributed by atoms with Crippen molar-refractivity contribution in [1.82, 2.24) is 10.2 Å². The summed E-state index contributed by atoms with van der Waals surface area (Å²) in [6, 6.07) is 9.24. The van der Waals surface area contributed by atoms with E-state index in [2.05, 4.69) is 10.2 Å². The predicted octanol–water partition coefficient (Wildman–Crippen LogP) is 3.65. The number of rotatable bonds is 4. The van der Waals surface area contributed by atoms with Gasteiger partial charge in [0.25, 0.3) is 0 Å². The molecular weight excluding hydrogens is 327 g/mol. The number of halogens is 3. The van der Waals surface area contributed by atoms with Crippen molar-refractivity contribution in [3.63, 3.8) is 0 Å². The quantitative estimate of drug-likeness (QED) is 0.921. The lowest BCUT2D eigenvalue weighted by molar-refractivity contribution is -0.138. The van der Waals surface area contributed by atoms with Gasteiger partial charge in [0.05, 0.1) is 6.10 Å². The Bertz CT molecular complexity index is 647. The summed E-state index contributed by atoms with van der Waals surface area (Å²) in [5.74, 6) is 0. The van der Waals surface area contributed by atoms with E-state index in [1.54, 1.807) is 0 Å². The molecule has 124 valence electrons. The summed E-state index contributed by atoms with van der Waals surface area (Å²) in [6.07, 6.45) is -2.95. The molecule has 2 unspecified atom stereocenters. The lowest BCUT2D eigenvalue weighted by Crippen LogP contribution is -2.30. The zero-order valence-electron chi connectivity index (χ0n) is 12.2. The highest BCUT2D eigenvalue weighted by Crippen LogP contribution is 2.37. The molecule has 4 nitrogen and oxygen atoms in total. The monoisotopic (exact) mass is 343 g/mol. The Hall–Kier alpha value is -1.67. The maximum Gasteiger partial charge on any atom is 0.445 e. The van der Waals surface area contributed by atoms with Crippen molar-refractivity contribution >= 4 is 16.5 Å². The first-order valence-electron chi connectivity index (χ1n) is 7.35. The molecule has 0 spiro atoms. The van der Waals surface area contributed by atoms with E-state index in [0.29, 0.717) is 24.3 Å². The molecule has 1 aromatic carbocycles. The molecule has 0 amide bonds. The highest BCUT2D eigenvalue weighted by atomic mass is 32.1. The van der Waals surface area contributed by atoms with Gasteiger partial charge < -0.3 is 10.0 Å². The molecule has 1 N–H and O–H groups in total. The van der Waals surface area contributed by atoms with Gasteiger partial charge in [-0.1, -0.05) is 41.7 Å². The molecule has 3 rings (SSSR count). The van der Waals surface area contributed by atoms with E-state index in [0.717, 1.165) is 18.4 Å². The summed E-state index contributed by atoms with van der Waals surface area (Å²) in [7, 11) is 0. The zero-order valence-corrected chi connectivity index (χ0v) is 13.0. The van der Waals surface area contributed by atoms with Gasteiger partial charge in [0.2, 0.25) is 10.1 Å². The Morgan fingerprint density at radius 1 is 1.26 bits per heavy atom. The number of hydrogen-bond acceptors (Lipinski definition) is 5. The highest BCUT2D eigenvalue weighted by Gasteiger charge is 2.37. The van der Waals surface area contributed by atoms with Gasteiger partial charge in [-0.25, -0.2) is 0 Å². The van der Waals surface area contributed by atoms with Crippen LogP contribution in [0.25, 0.3) is 0 Å². The molecule has 1 fully saturated rings. The predicted molar refractivity (Wildman–Crippen MR) is 81.3 cm³/mol. The van der Waals surface area contributed by atoms with Gasteiger partial charge in [-0.05, 0) is 24.8 Å². The van der Waals surface area contributed by atoms with Crippen molar-refractivity contribution in [1.29, 1.82) is 0 Å². The Kier molecular flexibility index (Phi) is 4.54. The van der Waals surface area contributed by atoms with Crippen molar-refractivity contribution in [3.05, 3.63) is 40.9 Å². The van der Waals surface area contributed by atoms with Crippen molar-refractivity contribution in [2.24, 2.45) is 0 Å². The van der Waals surface area contributed by atoms with E-state index in [4.69, 9.17) is 0 Å². The standard InChI is InChI=1S/C15H16F3N3OS/c16-15(17,18)13-19-20-14(23-13)21-8-4-7-11(21)9-12(22)10-5-2-1-3-6-10/h1-3,5-6,11-12,22H,4,7-9H2. The van der Waals surface area contributed by atoms with Crippen LogP contribution >= 0.6 is 11.3 Å². The summed E-state index contributed by atoms with van der Waals surface area (Å²) in [6.45, 7) is 0.638. The molecule has 23 heavy (non-hydrogen) atoms. The van der Waals surface area contributed by atoms with E-state index >= 15 is 0 Å². The van der Waals surface area contributed by atoms with Crippen molar-refractivity contribution in [2.75, 3.05) is 11.4 Å². The first-order chi connectivity index (χ1) is 10.9. The van der Waals surface area contributed by atoms with E-state index in [-0.39, 0.29) is 11.2 Å². The first-order valence-corrected chi connectivity index (χ1v) is 8.17. The number of anilines is 1. The maximum atomic E-state index is 12.7.